The summed E-state index contributed by atoms with van der Waals surface area (Å²) in [5, 5.41) is 12.2. The number of ether oxygens (including phenoxy) is 1. The molecule has 3 rings (SSSR count). The first kappa shape index (κ1) is 18.3. The zero-order valence-electron chi connectivity index (χ0n) is 14.2. The molecular weight excluding hydrogens is 377 g/mol. The SMILES string of the molecule is Cc1cc(CNC(=O)c2ccn(COc3ccc(Cl)cc3Cl)n2)nn1C. The number of amides is 1. The number of nitrogens with zero attached hydrogens (tertiary/aromatic N) is 4. The van der Waals surface area contributed by atoms with Gasteiger partial charge in [0.05, 0.1) is 17.3 Å². The lowest BCUT2D eigenvalue weighted by atomic mass is 10.3. The van der Waals surface area contributed by atoms with Gasteiger partial charge in [0.15, 0.2) is 6.73 Å². The lowest BCUT2D eigenvalue weighted by Gasteiger charge is -2.08. The van der Waals surface area contributed by atoms with Crippen LogP contribution in [0.2, 0.25) is 10.0 Å². The number of hydrogen-bond donors (Lipinski definition) is 1. The number of rotatable bonds is 6. The first-order chi connectivity index (χ1) is 12.4. The highest BCUT2D eigenvalue weighted by Gasteiger charge is 2.11. The summed E-state index contributed by atoms with van der Waals surface area (Å²) in [6.07, 6.45) is 1.66. The van der Waals surface area contributed by atoms with Crippen molar-refractivity contribution < 1.29 is 9.53 Å². The predicted molar refractivity (Wildman–Crippen MR) is 98.4 cm³/mol. The number of carbonyl (C=O) groups is 1. The van der Waals surface area contributed by atoms with Crippen LogP contribution in [0, 0.1) is 6.92 Å². The molecule has 7 nitrogen and oxygen atoms in total. The molecule has 136 valence electrons. The second-order valence-electron chi connectivity index (χ2n) is 5.67. The topological polar surface area (TPSA) is 74.0 Å². The third-order valence-corrected chi connectivity index (χ3v) is 4.24. The molecule has 2 aromatic heterocycles. The van der Waals surface area contributed by atoms with Gasteiger partial charge in [0, 0.05) is 24.0 Å². The maximum Gasteiger partial charge on any atom is 0.272 e. The van der Waals surface area contributed by atoms with Crippen LogP contribution in [0.5, 0.6) is 5.75 Å². The van der Waals surface area contributed by atoms with Crippen LogP contribution in [-0.2, 0) is 20.3 Å². The highest BCUT2D eigenvalue weighted by Crippen LogP contribution is 2.27. The number of aromatic nitrogens is 4. The van der Waals surface area contributed by atoms with E-state index >= 15 is 0 Å². The number of aryl methyl sites for hydroxylation is 2. The molecule has 9 heteroatoms. The van der Waals surface area contributed by atoms with Gasteiger partial charge in [0.1, 0.15) is 11.4 Å². The Kier molecular flexibility index (Phi) is 5.49. The zero-order valence-corrected chi connectivity index (χ0v) is 15.8. The predicted octanol–water partition coefficient (Wildman–Crippen LogP) is 3.20. The van der Waals surface area contributed by atoms with E-state index in [0.29, 0.717) is 28.0 Å². The first-order valence-electron chi connectivity index (χ1n) is 7.81. The Morgan fingerprint density at radius 3 is 2.73 bits per heavy atom. The lowest BCUT2D eigenvalue weighted by molar-refractivity contribution is 0.0943. The molecule has 1 N–H and O–H groups in total. The quantitative estimate of drug-likeness (QED) is 0.697. The van der Waals surface area contributed by atoms with Crippen LogP contribution in [0.3, 0.4) is 0 Å². The van der Waals surface area contributed by atoms with E-state index in [1.54, 1.807) is 35.1 Å². The van der Waals surface area contributed by atoms with Gasteiger partial charge in [-0.1, -0.05) is 23.2 Å². The van der Waals surface area contributed by atoms with Crippen molar-refractivity contribution in [1.82, 2.24) is 24.9 Å². The second kappa shape index (κ2) is 7.80. The molecule has 26 heavy (non-hydrogen) atoms. The van der Waals surface area contributed by atoms with E-state index in [0.717, 1.165) is 11.4 Å². The Morgan fingerprint density at radius 2 is 2.04 bits per heavy atom. The van der Waals surface area contributed by atoms with Gasteiger partial charge in [-0.25, -0.2) is 4.68 Å². The molecule has 1 amide bonds. The molecular formula is C17H17Cl2N5O2. The van der Waals surface area contributed by atoms with Gasteiger partial charge in [0.25, 0.3) is 5.91 Å². The number of benzene rings is 1. The van der Waals surface area contributed by atoms with Crippen molar-refractivity contribution in [3.63, 3.8) is 0 Å². The van der Waals surface area contributed by atoms with E-state index in [1.165, 1.54) is 4.68 Å². The van der Waals surface area contributed by atoms with E-state index in [9.17, 15) is 4.79 Å². The third-order valence-electron chi connectivity index (χ3n) is 3.71. The average Bonchev–Trinajstić information content (AvgIpc) is 3.19. The number of carbonyl (C=O) groups excluding carboxylic acids is 1. The minimum absolute atomic E-state index is 0.119. The van der Waals surface area contributed by atoms with Crippen molar-refractivity contribution in [2.75, 3.05) is 0 Å². The van der Waals surface area contributed by atoms with Gasteiger partial charge in [-0.2, -0.15) is 10.2 Å². The van der Waals surface area contributed by atoms with Crippen molar-refractivity contribution in [2.45, 2.75) is 20.2 Å². The molecule has 0 aliphatic heterocycles. The van der Waals surface area contributed by atoms with Crippen LogP contribution < -0.4 is 10.1 Å². The van der Waals surface area contributed by atoms with Gasteiger partial charge in [-0.15, -0.1) is 0 Å². The lowest BCUT2D eigenvalue weighted by Crippen LogP contribution is -2.24. The van der Waals surface area contributed by atoms with Crippen LogP contribution >= 0.6 is 23.2 Å². The molecule has 0 fully saturated rings. The van der Waals surface area contributed by atoms with Gasteiger partial charge in [-0.05, 0) is 37.3 Å². The monoisotopic (exact) mass is 393 g/mol. The van der Waals surface area contributed by atoms with Crippen LogP contribution in [0.25, 0.3) is 0 Å². The Hall–Kier alpha value is -2.51. The molecule has 0 spiro atoms. The Morgan fingerprint density at radius 1 is 1.23 bits per heavy atom. The Balaban J connectivity index is 1.55. The number of hydrogen-bond acceptors (Lipinski definition) is 4. The van der Waals surface area contributed by atoms with E-state index in [2.05, 4.69) is 15.5 Å². The fourth-order valence-corrected chi connectivity index (χ4v) is 2.73. The molecule has 1 aromatic carbocycles. The summed E-state index contributed by atoms with van der Waals surface area (Å²) in [6, 6.07) is 8.49. The number of halogens is 2. The maximum atomic E-state index is 12.2. The Bertz CT molecular complexity index is 916. The van der Waals surface area contributed by atoms with Crippen LogP contribution in [0.4, 0.5) is 0 Å². The Labute approximate surface area is 160 Å². The van der Waals surface area contributed by atoms with Gasteiger partial charge >= 0.3 is 0 Å². The molecule has 0 saturated heterocycles. The zero-order chi connectivity index (χ0) is 18.7. The van der Waals surface area contributed by atoms with Crippen molar-refractivity contribution in [1.29, 1.82) is 0 Å². The van der Waals surface area contributed by atoms with Crippen molar-refractivity contribution in [2.24, 2.45) is 7.05 Å². The maximum absolute atomic E-state index is 12.2. The summed E-state index contributed by atoms with van der Waals surface area (Å²) in [6.45, 7) is 2.41. The smallest absolute Gasteiger partial charge is 0.272 e. The molecule has 0 saturated carbocycles. The average molecular weight is 394 g/mol. The van der Waals surface area contributed by atoms with Crippen LogP contribution in [0.1, 0.15) is 21.9 Å². The molecule has 0 aliphatic rings. The second-order valence-corrected chi connectivity index (χ2v) is 6.52. The molecule has 0 atom stereocenters. The largest absolute Gasteiger partial charge is 0.470 e. The highest BCUT2D eigenvalue weighted by atomic mass is 35.5. The van der Waals surface area contributed by atoms with Gasteiger partial charge < -0.3 is 10.1 Å². The van der Waals surface area contributed by atoms with Gasteiger partial charge in [0.2, 0.25) is 0 Å². The minimum Gasteiger partial charge on any atom is -0.470 e. The van der Waals surface area contributed by atoms with Crippen molar-refractivity contribution in [3.05, 3.63) is 63.7 Å². The summed E-state index contributed by atoms with van der Waals surface area (Å²) in [5.41, 5.74) is 2.11. The fraction of sp³-hybridized carbons (Fsp3) is 0.235. The summed E-state index contributed by atoms with van der Waals surface area (Å²) in [7, 11) is 1.86. The number of nitrogens with one attached hydrogen (secondary N) is 1. The summed E-state index contributed by atoms with van der Waals surface area (Å²) < 4.78 is 8.85. The molecule has 0 aliphatic carbocycles. The molecule has 2 heterocycles. The molecule has 0 radical (unpaired) electrons. The van der Waals surface area contributed by atoms with Crippen molar-refractivity contribution >= 4 is 29.1 Å². The first-order valence-corrected chi connectivity index (χ1v) is 8.57. The molecule has 0 unspecified atom stereocenters. The molecule has 3 aromatic rings. The van der Waals surface area contributed by atoms with Crippen LogP contribution in [-0.4, -0.2) is 25.5 Å². The molecule has 0 bridgehead atoms. The summed E-state index contributed by atoms with van der Waals surface area (Å²) in [4.78, 5) is 12.2. The highest BCUT2D eigenvalue weighted by molar-refractivity contribution is 6.35. The fourth-order valence-electron chi connectivity index (χ4n) is 2.27. The standard InChI is InChI=1S/C17H17Cl2N5O2/c1-11-7-13(21-23(11)2)9-20-17(25)15-5-6-24(22-15)10-26-16-4-3-12(18)8-14(16)19/h3-8H,9-10H2,1-2H3,(H,20,25). The minimum atomic E-state index is -0.281. The summed E-state index contributed by atoms with van der Waals surface area (Å²) in [5.74, 6) is 0.208. The summed E-state index contributed by atoms with van der Waals surface area (Å²) >= 11 is 11.9. The normalized spacial score (nSPS) is 10.8. The van der Waals surface area contributed by atoms with E-state index in [4.69, 9.17) is 27.9 Å². The van der Waals surface area contributed by atoms with Gasteiger partial charge in [-0.3, -0.25) is 9.48 Å². The van der Waals surface area contributed by atoms with Crippen molar-refractivity contribution in [3.8, 4) is 5.75 Å². The van der Waals surface area contributed by atoms with E-state index < -0.39 is 0 Å². The van der Waals surface area contributed by atoms with E-state index in [-0.39, 0.29) is 12.6 Å². The third kappa shape index (κ3) is 4.36. The van der Waals surface area contributed by atoms with Crippen LogP contribution in [0.15, 0.2) is 36.5 Å². The van der Waals surface area contributed by atoms with E-state index in [1.807, 2.05) is 20.0 Å².